The first-order valence-electron chi connectivity index (χ1n) is 11.1. The number of hydrazone groups is 1. The quantitative estimate of drug-likeness (QED) is 0.496. The molecule has 0 bridgehead atoms. The molecule has 9 heteroatoms. The van der Waals surface area contributed by atoms with Crippen molar-refractivity contribution in [1.29, 1.82) is 0 Å². The van der Waals surface area contributed by atoms with Gasteiger partial charge in [0.2, 0.25) is 0 Å². The Balaban J connectivity index is 1.32. The molecule has 1 N–H and O–H groups in total. The van der Waals surface area contributed by atoms with Crippen LogP contribution in [0.15, 0.2) is 70.5 Å². The van der Waals surface area contributed by atoms with Gasteiger partial charge in [-0.15, -0.1) is 22.7 Å². The van der Waals surface area contributed by atoms with Gasteiger partial charge < -0.3 is 5.32 Å². The molecule has 3 aromatic rings. The molecule has 2 unspecified atom stereocenters. The molecule has 7 nitrogen and oxygen atoms in total. The van der Waals surface area contributed by atoms with Crippen LogP contribution in [0, 0.1) is 0 Å². The number of hydrogen-bond acceptors (Lipinski definition) is 6. The molecule has 4 heterocycles. The van der Waals surface area contributed by atoms with Crippen molar-refractivity contribution in [2.24, 2.45) is 5.10 Å². The average Bonchev–Trinajstić information content (AvgIpc) is 3.63. The van der Waals surface area contributed by atoms with Gasteiger partial charge in [-0.2, -0.15) is 5.10 Å². The molecule has 1 saturated heterocycles. The van der Waals surface area contributed by atoms with Crippen molar-refractivity contribution in [3.63, 3.8) is 0 Å². The highest BCUT2D eigenvalue weighted by molar-refractivity contribution is 7.12. The largest absolute Gasteiger partial charge is 0.325 e. The third kappa shape index (κ3) is 4.28. The van der Waals surface area contributed by atoms with E-state index >= 15 is 0 Å². The third-order valence-corrected chi connectivity index (χ3v) is 8.13. The molecule has 174 valence electrons. The molecule has 2 aliphatic rings. The van der Waals surface area contributed by atoms with Crippen LogP contribution >= 0.6 is 22.7 Å². The van der Waals surface area contributed by atoms with Gasteiger partial charge in [-0.05, 0) is 48.2 Å². The summed E-state index contributed by atoms with van der Waals surface area (Å²) < 4.78 is 0. The Kier molecular flexibility index (Phi) is 6.05. The minimum Gasteiger partial charge on any atom is -0.323 e. The van der Waals surface area contributed by atoms with Crippen molar-refractivity contribution >= 4 is 46.2 Å². The van der Waals surface area contributed by atoms with Gasteiger partial charge in [-0.1, -0.05) is 42.5 Å². The third-order valence-electron chi connectivity index (χ3n) is 6.24. The molecular formula is C25H24N4O3S2. The summed E-state index contributed by atoms with van der Waals surface area (Å²) in [5.41, 5.74) is 0.884. The lowest BCUT2D eigenvalue weighted by Gasteiger charge is -2.24. The predicted molar refractivity (Wildman–Crippen MR) is 133 cm³/mol. The summed E-state index contributed by atoms with van der Waals surface area (Å²) >= 11 is 3.14. The summed E-state index contributed by atoms with van der Waals surface area (Å²) in [6, 6.07) is 16.9. The van der Waals surface area contributed by atoms with E-state index in [0.29, 0.717) is 19.3 Å². The van der Waals surface area contributed by atoms with Gasteiger partial charge in [0.1, 0.15) is 12.1 Å². The van der Waals surface area contributed by atoms with Gasteiger partial charge in [0.15, 0.2) is 0 Å². The van der Waals surface area contributed by atoms with Gasteiger partial charge >= 0.3 is 6.03 Å². The first-order chi connectivity index (χ1) is 16.4. The number of hydrogen-bond donors (Lipinski definition) is 1. The lowest BCUT2D eigenvalue weighted by atomic mass is 9.93. The maximum atomic E-state index is 13.4. The van der Waals surface area contributed by atoms with Crippen molar-refractivity contribution in [2.45, 2.75) is 37.8 Å². The molecule has 2 atom stereocenters. The summed E-state index contributed by atoms with van der Waals surface area (Å²) in [5, 5.41) is 12.8. The standard InChI is InChI=1S/C25H24N4O3S2/c1-25(12-11-17-7-3-2-4-8-17)23(31)28(24(32)26-25)16-22(30)29-19(21-10-6-14-34-21)15-18(27-29)20-9-5-13-33-20/h2-10,13-14,19H,11-12,15-16H2,1H3,(H,26,32). The van der Waals surface area contributed by atoms with Crippen LogP contribution in [0.5, 0.6) is 0 Å². The van der Waals surface area contributed by atoms with Crippen LogP contribution in [-0.4, -0.2) is 45.5 Å². The predicted octanol–water partition coefficient (Wildman–Crippen LogP) is 4.43. The average molecular weight is 493 g/mol. The molecule has 1 aromatic carbocycles. The summed E-state index contributed by atoms with van der Waals surface area (Å²) in [5.74, 6) is -0.753. The Hall–Kier alpha value is -3.30. The van der Waals surface area contributed by atoms with E-state index in [-0.39, 0.29) is 24.4 Å². The minimum atomic E-state index is -1.04. The number of carbonyl (C=O) groups is 3. The summed E-state index contributed by atoms with van der Waals surface area (Å²) in [6.45, 7) is 1.38. The molecule has 0 spiro atoms. The molecule has 0 aliphatic carbocycles. The van der Waals surface area contributed by atoms with Gasteiger partial charge in [0.05, 0.1) is 16.6 Å². The number of nitrogens with one attached hydrogen (secondary N) is 1. The Bertz CT molecular complexity index is 1220. The van der Waals surface area contributed by atoms with E-state index in [0.717, 1.165) is 25.9 Å². The monoisotopic (exact) mass is 492 g/mol. The zero-order valence-corrected chi connectivity index (χ0v) is 20.3. The maximum Gasteiger partial charge on any atom is 0.325 e. The van der Waals surface area contributed by atoms with E-state index in [1.807, 2.05) is 65.4 Å². The fourth-order valence-electron chi connectivity index (χ4n) is 4.34. The number of benzene rings is 1. The zero-order valence-electron chi connectivity index (χ0n) is 18.6. The second-order valence-corrected chi connectivity index (χ2v) is 10.6. The lowest BCUT2D eigenvalue weighted by molar-refractivity contribution is -0.139. The lowest BCUT2D eigenvalue weighted by Crippen LogP contribution is -2.45. The van der Waals surface area contributed by atoms with Crippen molar-refractivity contribution < 1.29 is 14.4 Å². The second-order valence-electron chi connectivity index (χ2n) is 8.64. The van der Waals surface area contributed by atoms with Crippen LogP contribution in [0.4, 0.5) is 4.79 Å². The summed E-state index contributed by atoms with van der Waals surface area (Å²) in [7, 11) is 0. The van der Waals surface area contributed by atoms with Crippen LogP contribution in [0.25, 0.3) is 0 Å². The molecule has 0 radical (unpaired) electrons. The highest BCUT2D eigenvalue weighted by atomic mass is 32.1. The summed E-state index contributed by atoms with van der Waals surface area (Å²) in [4.78, 5) is 42.3. The van der Waals surface area contributed by atoms with Gasteiger partial charge in [-0.25, -0.2) is 9.80 Å². The number of thiophene rings is 2. The van der Waals surface area contributed by atoms with E-state index in [9.17, 15) is 14.4 Å². The first-order valence-corrected chi connectivity index (χ1v) is 12.9. The van der Waals surface area contributed by atoms with Crippen molar-refractivity contribution in [1.82, 2.24) is 15.2 Å². The van der Waals surface area contributed by atoms with Crippen molar-refractivity contribution in [2.75, 3.05) is 6.54 Å². The highest BCUT2D eigenvalue weighted by Gasteiger charge is 2.48. The fourth-order valence-corrected chi connectivity index (χ4v) is 5.87. The molecule has 34 heavy (non-hydrogen) atoms. The Morgan fingerprint density at radius 1 is 1.09 bits per heavy atom. The van der Waals surface area contributed by atoms with Crippen molar-refractivity contribution in [3.8, 4) is 0 Å². The molecule has 2 aromatic heterocycles. The maximum absolute atomic E-state index is 13.4. The highest BCUT2D eigenvalue weighted by Crippen LogP contribution is 2.36. The van der Waals surface area contributed by atoms with E-state index in [1.54, 1.807) is 29.6 Å². The molecule has 2 aliphatic heterocycles. The number of carbonyl (C=O) groups excluding carboxylic acids is 3. The summed E-state index contributed by atoms with van der Waals surface area (Å²) in [6.07, 6.45) is 1.70. The van der Waals surface area contributed by atoms with Crippen molar-refractivity contribution in [3.05, 3.63) is 80.7 Å². The molecular weight excluding hydrogens is 468 g/mol. The van der Waals surface area contributed by atoms with E-state index in [1.165, 1.54) is 5.01 Å². The van der Waals surface area contributed by atoms with Gasteiger partial charge in [0.25, 0.3) is 11.8 Å². The number of imide groups is 1. The topological polar surface area (TPSA) is 82.1 Å². The Labute approximate surface area is 205 Å². The molecule has 5 rings (SSSR count). The van der Waals surface area contributed by atoms with Crippen LogP contribution in [0.1, 0.15) is 41.1 Å². The smallest absolute Gasteiger partial charge is 0.323 e. The van der Waals surface area contributed by atoms with Crippen LogP contribution in [-0.2, 0) is 16.0 Å². The number of rotatable bonds is 7. The minimum absolute atomic E-state index is 0.241. The van der Waals surface area contributed by atoms with E-state index in [4.69, 9.17) is 0 Å². The van der Waals surface area contributed by atoms with Crippen LogP contribution < -0.4 is 5.32 Å². The van der Waals surface area contributed by atoms with E-state index in [2.05, 4.69) is 10.4 Å². The number of nitrogens with zero attached hydrogens (tertiary/aromatic N) is 3. The number of aryl methyl sites for hydroxylation is 1. The Morgan fingerprint density at radius 3 is 2.56 bits per heavy atom. The van der Waals surface area contributed by atoms with Gasteiger partial charge in [-0.3, -0.25) is 14.5 Å². The van der Waals surface area contributed by atoms with Gasteiger partial charge in [0, 0.05) is 11.3 Å². The number of urea groups is 1. The molecule has 0 saturated carbocycles. The Morgan fingerprint density at radius 2 is 1.85 bits per heavy atom. The van der Waals surface area contributed by atoms with Crippen LogP contribution in [0.3, 0.4) is 0 Å². The second kappa shape index (κ2) is 9.15. The normalized spacial score (nSPS) is 22.3. The SMILES string of the molecule is CC1(CCc2ccccc2)NC(=O)N(CC(=O)N2N=C(c3cccs3)CC2c2cccs2)C1=O. The molecule has 4 amide bonds. The van der Waals surface area contributed by atoms with Crippen LogP contribution in [0.2, 0.25) is 0 Å². The number of amides is 4. The zero-order chi connectivity index (χ0) is 23.7. The first kappa shape index (κ1) is 22.5. The fraction of sp³-hybridized carbons (Fsp3) is 0.280. The molecule has 1 fully saturated rings. The van der Waals surface area contributed by atoms with E-state index < -0.39 is 11.6 Å².